The molecule has 0 saturated carbocycles. The van der Waals surface area contributed by atoms with Crippen molar-refractivity contribution in [2.75, 3.05) is 14.2 Å². The van der Waals surface area contributed by atoms with Crippen molar-refractivity contribution in [1.29, 1.82) is 0 Å². The zero-order valence-electron chi connectivity index (χ0n) is 14.9. The number of methoxy groups -OCH3 is 2. The number of aliphatic imine (C=N–C) groups is 1. The van der Waals surface area contributed by atoms with Gasteiger partial charge in [0.2, 0.25) is 5.88 Å². The predicted octanol–water partition coefficient (Wildman–Crippen LogP) is 1.48. The number of hydrogen-bond donors (Lipinski definition) is 2. The summed E-state index contributed by atoms with van der Waals surface area (Å²) in [5.41, 5.74) is 0.0448. The summed E-state index contributed by atoms with van der Waals surface area (Å²) < 4.78 is 11.6. The van der Waals surface area contributed by atoms with Crippen LogP contribution in [0.2, 0.25) is 0 Å². The Bertz CT molecular complexity index is 1050. The third-order valence-corrected chi connectivity index (χ3v) is 4.15. The molecule has 2 aromatic rings. The largest absolute Gasteiger partial charge is 0.494 e. The van der Waals surface area contributed by atoms with Crippen LogP contribution in [-0.4, -0.2) is 35.1 Å². The summed E-state index contributed by atoms with van der Waals surface area (Å²) in [6.07, 6.45) is 6.85. The zero-order valence-corrected chi connectivity index (χ0v) is 14.9. The van der Waals surface area contributed by atoms with E-state index in [1.807, 2.05) is 6.07 Å². The molecule has 1 aliphatic rings. The van der Waals surface area contributed by atoms with E-state index in [2.05, 4.69) is 9.98 Å². The van der Waals surface area contributed by atoms with Crippen LogP contribution < -0.4 is 20.7 Å². The minimum Gasteiger partial charge on any atom is -0.494 e. The van der Waals surface area contributed by atoms with Crippen LogP contribution in [0.4, 0.5) is 0 Å². The Morgan fingerprint density at radius 3 is 2.67 bits per heavy atom. The first-order chi connectivity index (χ1) is 13.0. The van der Waals surface area contributed by atoms with Crippen molar-refractivity contribution in [3.63, 3.8) is 0 Å². The lowest BCUT2D eigenvalue weighted by molar-refractivity contribution is 0.354. The van der Waals surface area contributed by atoms with E-state index in [1.54, 1.807) is 44.7 Å². The van der Waals surface area contributed by atoms with Gasteiger partial charge in [-0.2, -0.15) is 0 Å². The van der Waals surface area contributed by atoms with Crippen molar-refractivity contribution in [2.45, 2.75) is 13.0 Å². The van der Waals surface area contributed by atoms with Gasteiger partial charge < -0.3 is 14.6 Å². The second-order valence-corrected chi connectivity index (χ2v) is 5.79. The molecule has 27 heavy (non-hydrogen) atoms. The first kappa shape index (κ1) is 18.2. The molecule has 0 amide bonds. The van der Waals surface area contributed by atoms with Gasteiger partial charge in [0.15, 0.2) is 11.5 Å². The fourth-order valence-corrected chi connectivity index (χ4v) is 2.74. The zero-order chi connectivity index (χ0) is 19.4. The summed E-state index contributed by atoms with van der Waals surface area (Å²) in [5.74, 6) is 0.779. The van der Waals surface area contributed by atoms with Gasteiger partial charge in [-0.3, -0.25) is 19.3 Å². The fraction of sp³-hybridized carbons (Fsp3) is 0.211. The number of aromatic hydroxyl groups is 1. The number of hydrogen-bond acceptors (Lipinski definition) is 6. The molecule has 0 aliphatic carbocycles. The molecule has 1 aliphatic heterocycles. The normalized spacial score (nSPS) is 14.1. The predicted molar refractivity (Wildman–Crippen MR) is 102 cm³/mol. The van der Waals surface area contributed by atoms with Crippen LogP contribution in [0.5, 0.6) is 17.4 Å². The van der Waals surface area contributed by atoms with Crippen LogP contribution in [0.3, 0.4) is 0 Å². The number of rotatable bonds is 6. The standard InChI is InChI=1S/C19H19N3O5/c1-26-15-6-5-12(10-16(15)27-2)7-9-22-18(24)14(17(23)21-19(22)25)11-13-4-3-8-20-13/h3-6,8,10-11,24H,7,9H2,1-2H3,(H,21,23,25)/b13-11-. The molecule has 1 aromatic carbocycles. The van der Waals surface area contributed by atoms with E-state index in [9.17, 15) is 14.7 Å². The van der Waals surface area contributed by atoms with Crippen LogP contribution in [0.15, 0.2) is 50.6 Å². The molecular formula is C19H19N3O5. The van der Waals surface area contributed by atoms with Crippen LogP contribution in [0.25, 0.3) is 6.08 Å². The average Bonchev–Trinajstić information content (AvgIpc) is 3.18. The molecule has 8 nitrogen and oxygen atoms in total. The summed E-state index contributed by atoms with van der Waals surface area (Å²) in [6.45, 7) is 0.173. The Hall–Kier alpha value is -3.55. The first-order valence-electron chi connectivity index (χ1n) is 8.23. The highest BCUT2D eigenvalue weighted by atomic mass is 16.5. The van der Waals surface area contributed by atoms with E-state index in [0.29, 0.717) is 23.6 Å². The molecule has 140 valence electrons. The number of nitrogens with zero attached hydrogens (tertiary/aromatic N) is 2. The second-order valence-electron chi connectivity index (χ2n) is 5.79. The van der Waals surface area contributed by atoms with Gasteiger partial charge >= 0.3 is 5.69 Å². The second kappa shape index (κ2) is 7.77. The Morgan fingerprint density at radius 2 is 2.00 bits per heavy atom. The van der Waals surface area contributed by atoms with Gasteiger partial charge in [-0.1, -0.05) is 6.07 Å². The number of aromatic amines is 1. The van der Waals surface area contributed by atoms with Crippen LogP contribution in [0, 0.1) is 0 Å². The van der Waals surface area contributed by atoms with E-state index < -0.39 is 17.1 Å². The third kappa shape index (κ3) is 3.84. The molecule has 2 heterocycles. The summed E-state index contributed by atoms with van der Waals surface area (Å²) >= 11 is 0. The monoisotopic (exact) mass is 369 g/mol. The third-order valence-electron chi connectivity index (χ3n) is 4.15. The lowest BCUT2D eigenvalue weighted by Crippen LogP contribution is -2.31. The van der Waals surface area contributed by atoms with Crippen molar-refractivity contribution in [1.82, 2.24) is 9.55 Å². The van der Waals surface area contributed by atoms with Gasteiger partial charge in [-0.05, 0) is 42.3 Å². The van der Waals surface area contributed by atoms with E-state index in [-0.39, 0.29) is 12.1 Å². The van der Waals surface area contributed by atoms with E-state index in [0.717, 1.165) is 10.1 Å². The molecule has 0 fully saturated rings. The number of allylic oxidation sites excluding steroid dienone is 2. The van der Waals surface area contributed by atoms with Crippen molar-refractivity contribution in [2.24, 2.45) is 4.99 Å². The minimum atomic E-state index is -0.675. The molecule has 2 N–H and O–H groups in total. The van der Waals surface area contributed by atoms with E-state index in [4.69, 9.17) is 9.47 Å². The van der Waals surface area contributed by atoms with Gasteiger partial charge in [-0.15, -0.1) is 0 Å². The number of benzene rings is 1. The molecule has 8 heteroatoms. The molecule has 0 bridgehead atoms. The van der Waals surface area contributed by atoms with Crippen LogP contribution in [0.1, 0.15) is 11.1 Å². The highest BCUT2D eigenvalue weighted by Crippen LogP contribution is 2.28. The van der Waals surface area contributed by atoms with Gasteiger partial charge in [-0.25, -0.2) is 4.79 Å². The molecule has 1 aromatic heterocycles. The quantitative estimate of drug-likeness (QED) is 0.802. The van der Waals surface area contributed by atoms with Gasteiger partial charge in [0.05, 0.1) is 19.9 Å². The fourth-order valence-electron chi connectivity index (χ4n) is 2.74. The first-order valence-corrected chi connectivity index (χ1v) is 8.23. The molecule has 0 unspecified atom stereocenters. The highest BCUT2D eigenvalue weighted by Gasteiger charge is 2.14. The molecule has 0 saturated heterocycles. The topological polar surface area (TPSA) is 106 Å². The molecule has 0 spiro atoms. The number of H-pyrrole nitrogens is 1. The minimum absolute atomic E-state index is 0.0133. The maximum absolute atomic E-state index is 12.1. The Kier molecular flexibility index (Phi) is 5.25. The summed E-state index contributed by atoms with van der Waals surface area (Å²) in [5, 5.41) is 10.4. The summed E-state index contributed by atoms with van der Waals surface area (Å²) in [7, 11) is 3.09. The SMILES string of the molecule is COc1ccc(CCn2c(O)c(/C=C3/C=CC=N3)c(=O)[nH]c2=O)cc1OC. The Labute approximate surface area is 154 Å². The molecule has 0 atom stereocenters. The van der Waals surface area contributed by atoms with E-state index in [1.165, 1.54) is 6.08 Å². The molecule has 0 radical (unpaired) electrons. The average molecular weight is 369 g/mol. The van der Waals surface area contributed by atoms with Crippen LogP contribution in [-0.2, 0) is 13.0 Å². The highest BCUT2D eigenvalue weighted by molar-refractivity contribution is 5.79. The number of aryl methyl sites for hydroxylation is 1. The van der Waals surface area contributed by atoms with Crippen molar-refractivity contribution >= 4 is 12.3 Å². The summed E-state index contributed by atoms with van der Waals surface area (Å²) in [6, 6.07) is 5.41. The lowest BCUT2D eigenvalue weighted by Gasteiger charge is -2.12. The number of aromatic nitrogens is 2. The Morgan fingerprint density at radius 1 is 1.22 bits per heavy atom. The smallest absolute Gasteiger partial charge is 0.331 e. The number of ether oxygens (including phenoxy) is 2. The summed E-state index contributed by atoms with van der Waals surface area (Å²) in [4.78, 5) is 30.5. The van der Waals surface area contributed by atoms with Gasteiger partial charge in [0, 0.05) is 12.8 Å². The van der Waals surface area contributed by atoms with Gasteiger partial charge in [0.1, 0.15) is 5.56 Å². The maximum atomic E-state index is 12.1. The molecular weight excluding hydrogens is 350 g/mol. The molecule has 3 rings (SSSR count). The van der Waals surface area contributed by atoms with Crippen molar-refractivity contribution in [3.05, 3.63) is 68.0 Å². The lowest BCUT2D eigenvalue weighted by atomic mass is 10.1. The van der Waals surface area contributed by atoms with Gasteiger partial charge in [0.25, 0.3) is 5.56 Å². The Balaban J connectivity index is 1.90. The maximum Gasteiger partial charge on any atom is 0.331 e. The van der Waals surface area contributed by atoms with E-state index >= 15 is 0 Å². The van der Waals surface area contributed by atoms with Crippen molar-refractivity contribution < 1.29 is 14.6 Å². The van der Waals surface area contributed by atoms with Crippen molar-refractivity contribution in [3.8, 4) is 17.4 Å². The number of nitrogens with one attached hydrogen (secondary N) is 1. The van der Waals surface area contributed by atoms with Crippen LogP contribution >= 0.6 is 0 Å².